The van der Waals surface area contributed by atoms with Gasteiger partial charge in [0, 0.05) is 37.8 Å². The Bertz CT molecular complexity index is 635. The van der Waals surface area contributed by atoms with Crippen LogP contribution in [-0.4, -0.2) is 61.1 Å². The Morgan fingerprint density at radius 3 is 2.65 bits per heavy atom. The van der Waals surface area contributed by atoms with Crippen molar-refractivity contribution in [2.75, 3.05) is 32.8 Å². The van der Waals surface area contributed by atoms with Crippen LogP contribution < -0.4 is 5.32 Å². The number of sulfonamides is 1. The molecule has 0 radical (unpaired) electrons. The molecule has 23 heavy (non-hydrogen) atoms. The van der Waals surface area contributed by atoms with Gasteiger partial charge in [0.2, 0.25) is 0 Å². The molecule has 0 aliphatic carbocycles. The van der Waals surface area contributed by atoms with Gasteiger partial charge in [-0.15, -0.1) is 0 Å². The van der Waals surface area contributed by atoms with Gasteiger partial charge in [0.1, 0.15) is 5.82 Å². The van der Waals surface area contributed by atoms with Crippen LogP contribution in [0.4, 0.5) is 0 Å². The van der Waals surface area contributed by atoms with Crippen molar-refractivity contribution < 1.29 is 13.2 Å². The molecule has 130 valence electrons. The third kappa shape index (κ3) is 3.17. The molecule has 2 saturated heterocycles. The minimum Gasteiger partial charge on any atom is -0.381 e. The lowest BCUT2D eigenvalue weighted by atomic mass is 9.87. The summed E-state index contributed by atoms with van der Waals surface area (Å²) >= 11 is 0. The number of aromatic nitrogens is 2. The van der Waals surface area contributed by atoms with Crippen molar-refractivity contribution in [3.63, 3.8) is 0 Å². The van der Waals surface area contributed by atoms with Gasteiger partial charge in [-0.3, -0.25) is 0 Å². The highest BCUT2D eigenvalue weighted by Gasteiger charge is 2.46. The van der Waals surface area contributed by atoms with Gasteiger partial charge in [-0.2, -0.15) is 4.31 Å². The predicted molar refractivity (Wildman–Crippen MR) is 86.8 cm³/mol. The Morgan fingerprint density at radius 2 is 2.00 bits per heavy atom. The zero-order valence-electron chi connectivity index (χ0n) is 13.8. The number of hydrogen-bond donors (Lipinski definition) is 2. The molecule has 2 fully saturated rings. The summed E-state index contributed by atoms with van der Waals surface area (Å²) < 4.78 is 33.6. The standard InChI is InChI=1S/C15H26N4O3S/c1-12(2)14-17-11-13(18-14)23(20,21)19-8-7-16-6-3-15(19)4-9-22-10-5-15/h11-12,16H,3-10H2,1-2H3,(H,17,18). The highest BCUT2D eigenvalue weighted by Crippen LogP contribution is 2.36. The number of H-pyrrole nitrogens is 1. The van der Waals surface area contributed by atoms with Crippen LogP contribution in [-0.2, 0) is 14.8 Å². The molecule has 0 amide bonds. The van der Waals surface area contributed by atoms with E-state index in [1.54, 1.807) is 4.31 Å². The van der Waals surface area contributed by atoms with Crippen LogP contribution in [0.3, 0.4) is 0 Å². The Hall–Kier alpha value is -0.960. The SMILES string of the molecule is CC(C)c1ncc(S(=O)(=O)N2CCNCCC23CCOCC3)[nH]1. The van der Waals surface area contributed by atoms with E-state index in [0.29, 0.717) is 32.1 Å². The van der Waals surface area contributed by atoms with E-state index < -0.39 is 10.0 Å². The van der Waals surface area contributed by atoms with E-state index in [1.165, 1.54) is 6.20 Å². The first-order chi connectivity index (χ1) is 11.0. The quantitative estimate of drug-likeness (QED) is 0.858. The van der Waals surface area contributed by atoms with E-state index in [4.69, 9.17) is 4.74 Å². The van der Waals surface area contributed by atoms with E-state index in [2.05, 4.69) is 15.3 Å². The minimum absolute atomic E-state index is 0.168. The fourth-order valence-electron chi connectivity index (χ4n) is 3.48. The van der Waals surface area contributed by atoms with Crippen molar-refractivity contribution in [1.82, 2.24) is 19.6 Å². The normalized spacial score (nSPS) is 23.3. The summed E-state index contributed by atoms with van der Waals surface area (Å²) in [5, 5.41) is 3.53. The van der Waals surface area contributed by atoms with Crippen LogP contribution in [0.15, 0.2) is 11.2 Å². The maximum atomic E-state index is 13.2. The molecule has 0 aromatic carbocycles. The molecule has 2 aliphatic heterocycles. The van der Waals surface area contributed by atoms with Crippen LogP contribution in [0.25, 0.3) is 0 Å². The number of ether oxygens (including phenoxy) is 1. The Labute approximate surface area is 137 Å². The van der Waals surface area contributed by atoms with Crippen molar-refractivity contribution in [2.24, 2.45) is 0 Å². The second kappa shape index (κ2) is 6.51. The number of nitrogens with zero attached hydrogens (tertiary/aromatic N) is 2. The maximum absolute atomic E-state index is 13.2. The van der Waals surface area contributed by atoms with Gasteiger partial charge < -0.3 is 15.0 Å². The predicted octanol–water partition coefficient (Wildman–Crippen LogP) is 1.07. The lowest BCUT2D eigenvalue weighted by Gasteiger charge is -2.43. The first kappa shape index (κ1) is 16.9. The highest BCUT2D eigenvalue weighted by atomic mass is 32.2. The molecule has 0 unspecified atom stereocenters. The van der Waals surface area contributed by atoms with E-state index in [-0.39, 0.29) is 16.5 Å². The van der Waals surface area contributed by atoms with E-state index in [0.717, 1.165) is 25.8 Å². The Morgan fingerprint density at radius 1 is 1.26 bits per heavy atom. The smallest absolute Gasteiger partial charge is 0.260 e. The first-order valence-electron chi connectivity index (χ1n) is 8.32. The van der Waals surface area contributed by atoms with E-state index >= 15 is 0 Å². The molecule has 7 nitrogen and oxygen atoms in total. The van der Waals surface area contributed by atoms with Crippen molar-refractivity contribution in [3.8, 4) is 0 Å². The summed E-state index contributed by atoms with van der Waals surface area (Å²) in [4.78, 5) is 7.23. The summed E-state index contributed by atoms with van der Waals surface area (Å²) in [5.41, 5.74) is -0.344. The van der Waals surface area contributed by atoms with Gasteiger partial charge in [-0.25, -0.2) is 13.4 Å². The van der Waals surface area contributed by atoms with Crippen molar-refractivity contribution in [2.45, 2.75) is 49.6 Å². The molecule has 2 N–H and O–H groups in total. The summed E-state index contributed by atoms with van der Waals surface area (Å²) in [6, 6.07) is 0. The van der Waals surface area contributed by atoms with Crippen LogP contribution in [0.1, 0.15) is 44.9 Å². The second-order valence-electron chi connectivity index (χ2n) is 6.70. The summed E-state index contributed by atoms with van der Waals surface area (Å²) in [5.74, 6) is 0.874. The molecule has 0 atom stereocenters. The lowest BCUT2D eigenvalue weighted by Crippen LogP contribution is -2.54. The van der Waals surface area contributed by atoms with Crippen LogP contribution >= 0.6 is 0 Å². The third-order valence-corrected chi connectivity index (χ3v) is 6.81. The van der Waals surface area contributed by atoms with Gasteiger partial charge in [-0.1, -0.05) is 13.8 Å². The molecule has 0 bridgehead atoms. The average Bonchev–Trinajstić information content (AvgIpc) is 2.94. The van der Waals surface area contributed by atoms with Gasteiger partial charge in [-0.05, 0) is 25.8 Å². The molecule has 1 aromatic heterocycles. The van der Waals surface area contributed by atoms with Crippen LogP contribution in [0.5, 0.6) is 0 Å². The van der Waals surface area contributed by atoms with Crippen molar-refractivity contribution >= 4 is 10.0 Å². The van der Waals surface area contributed by atoms with Gasteiger partial charge in [0.05, 0.1) is 6.20 Å². The molecule has 3 rings (SSSR count). The Kier molecular flexibility index (Phi) is 4.78. The second-order valence-corrected chi connectivity index (χ2v) is 8.53. The fourth-order valence-corrected chi connectivity index (χ4v) is 5.25. The molecule has 0 saturated carbocycles. The van der Waals surface area contributed by atoms with Crippen molar-refractivity contribution in [3.05, 3.63) is 12.0 Å². The summed E-state index contributed by atoms with van der Waals surface area (Å²) in [6.07, 6.45) is 3.77. The number of rotatable bonds is 3. The highest BCUT2D eigenvalue weighted by molar-refractivity contribution is 7.89. The summed E-state index contributed by atoms with van der Waals surface area (Å²) in [6.45, 7) is 7.21. The molecule has 3 heterocycles. The van der Waals surface area contributed by atoms with Gasteiger partial charge in [0.25, 0.3) is 10.0 Å². The molecular weight excluding hydrogens is 316 g/mol. The average molecular weight is 342 g/mol. The molecule has 8 heteroatoms. The third-order valence-electron chi connectivity index (χ3n) is 4.90. The number of imidazole rings is 1. The Balaban J connectivity index is 1.97. The lowest BCUT2D eigenvalue weighted by molar-refractivity contribution is 0.00626. The maximum Gasteiger partial charge on any atom is 0.260 e. The number of nitrogens with one attached hydrogen (secondary N) is 2. The molecule has 1 spiro atoms. The van der Waals surface area contributed by atoms with Crippen LogP contribution in [0, 0.1) is 0 Å². The first-order valence-corrected chi connectivity index (χ1v) is 9.76. The van der Waals surface area contributed by atoms with E-state index in [1.807, 2.05) is 13.8 Å². The number of hydrogen-bond acceptors (Lipinski definition) is 5. The van der Waals surface area contributed by atoms with Gasteiger partial charge in [0.15, 0.2) is 5.03 Å². The molecule has 1 aromatic rings. The zero-order valence-corrected chi connectivity index (χ0v) is 14.7. The molecule has 2 aliphatic rings. The van der Waals surface area contributed by atoms with Gasteiger partial charge >= 0.3 is 0 Å². The van der Waals surface area contributed by atoms with E-state index in [9.17, 15) is 8.42 Å². The largest absolute Gasteiger partial charge is 0.381 e. The van der Waals surface area contributed by atoms with Crippen molar-refractivity contribution in [1.29, 1.82) is 0 Å². The fraction of sp³-hybridized carbons (Fsp3) is 0.800. The summed E-state index contributed by atoms with van der Waals surface area (Å²) in [7, 11) is -3.59. The monoisotopic (exact) mass is 342 g/mol. The minimum atomic E-state index is -3.59. The van der Waals surface area contributed by atoms with Crippen LogP contribution in [0.2, 0.25) is 0 Å². The topological polar surface area (TPSA) is 87.3 Å². The molecular formula is C15H26N4O3S. The number of aromatic amines is 1. The zero-order chi connectivity index (χ0) is 16.5.